The average Bonchev–Trinajstić information content (AvgIpc) is 2.85. The fourth-order valence-electron chi connectivity index (χ4n) is 2.09. The van der Waals surface area contributed by atoms with Crippen LogP contribution in [0.3, 0.4) is 0 Å². The maximum absolute atomic E-state index is 11.1. The first-order valence-electron chi connectivity index (χ1n) is 5.43. The largest absolute Gasteiger partial charge is 0.436 e. The van der Waals surface area contributed by atoms with Gasteiger partial charge in [0.25, 0.3) is 0 Å². The summed E-state index contributed by atoms with van der Waals surface area (Å²) in [5.74, 6) is 1.00. The smallest absolute Gasteiger partial charge is 0.212 e. The molecule has 1 saturated heterocycles. The van der Waals surface area contributed by atoms with E-state index in [1.54, 1.807) is 0 Å². The molecule has 4 heteroatoms. The molecule has 15 heavy (non-hydrogen) atoms. The van der Waals surface area contributed by atoms with E-state index in [1.807, 2.05) is 0 Å². The third-order valence-electron chi connectivity index (χ3n) is 2.93. The van der Waals surface area contributed by atoms with Crippen LogP contribution in [-0.4, -0.2) is 28.8 Å². The normalized spacial score (nSPS) is 22.1. The first-order chi connectivity index (χ1) is 7.22. The summed E-state index contributed by atoms with van der Waals surface area (Å²) in [6.07, 6.45) is 3.78. The molecule has 1 aliphatic rings. The standard InChI is InChI=1S/C11H16N2O2/c1-3-13-6-4-5-9(13)11-12-7-10(15-11)8(2)14/h7,9H,3-6H2,1-2H3. The van der Waals surface area contributed by atoms with E-state index in [4.69, 9.17) is 4.42 Å². The van der Waals surface area contributed by atoms with E-state index in [1.165, 1.54) is 19.5 Å². The highest BCUT2D eigenvalue weighted by Gasteiger charge is 2.28. The van der Waals surface area contributed by atoms with Crippen molar-refractivity contribution >= 4 is 5.78 Å². The Labute approximate surface area is 89.3 Å². The quantitative estimate of drug-likeness (QED) is 0.713. The molecule has 0 radical (unpaired) electrons. The number of oxazole rings is 1. The monoisotopic (exact) mass is 208 g/mol. The van der Waals surface area contributed by atoms with Crippen molar-refractivity contribution in [3.8, 4) is 0 Å². The van der Waals surface area contributed by atoms with Crippen LogP contribution >= 0.6 is 0 Å². The number of aromatic nitrogens is 1. The van der Waals surface area contributed by atoms with E-state index in [2.05, 4.69) is 16.8 Å². The van der Waals surface area contributed by atoms with Crippen molar-refractivity contribution in [2.75, 3.05) is 13.1 Å². The second-order valence-electron chi connectivity index (χ2n) is 3.91. The van der Waals surface area contributed by atoms with E-state index in [-0.39, 0.29) is 11.8 Å². The summed E-state index contributed by atoms with van der Waals surface area (Å²) in [7, 11) is 0. The maximum atomic E-state index is 11.1. The number of carbonyl (C=O) groups excluding carboxylic acids is 1. The van der Waals surface area contributed by atoms with Gasteiger partial charge in [-0.05, 0) is 25.9 Å². The third kappa shape index (κ3) is 1.95. The summed E-state index contributed by atoms with van der Waals surface area (Å²) in [6.45, 7) is 5.73. The summed E-state index contributed by atoms with van der Waals surface area (Å²) in [5, 5.41) is 0. The Morgan fingerprint density at radius 1 is 1.73 bits per heavy atom. The molecule has 0 aliphatic carbocycles. The van der Waals surface area contributed by atoms with Crippen molar-refractivity contribution in [3.05, 3.63) is 17.8 Å². The molecule has 0 bridgehead atoms. The predicted octanol–water partition coefficient (Wildman–Crippen LogP) is 2.03. The maximum Gasteiger partial charge on any atom is 0.212 e. The number of rotatable bonds is 3. The molecule has 82 valence electrons. The van der Waals surface area contributed by atoms with Gasteiger partial charge < -0.3 is 4.42 Å². The molecule has 1 aromatic heterocycles. The van der Waals surface area contributed by atoms with Crippen molar-refractivity contribution in [1.82, 2.24) is 9.88 Å². The van der Waals surface area contributed by atoms with Gasteiger partial charge in [0.2, 0.25) is 5.89 Å². The summed E-state index contributed by atoms with van der Waals surface area (Å²) < 4.78 is 5.46. The lowest BCUT2D eigenvalue weighted by Crippen LogP contribution is -2.22. The number of nitrogens with zero attached hydrogens (tertiary/aromatic N) is 2. The second kappa shape index (κ2) is 4.14. The first kappa shape index (κ1) is 10.4. The Morgan fingerprint density at radius 2 is 2.53 bits per heavy atom. The zero-order valence-corrected chi connectivity index (χ0v) is 9.19. The third-order valence-corrected chi connectivity index (χ3v) is 2.93. The lowest BCUT2D eigenvalue weighted by atomic mass is 10.2. The van der Waals surface area contributed by atoms with E-state index in [9.17, 15) is 4.79 Å². The minimum Gasteiger partial charge on any atom is -0.436 e. The van der Waals surface area contributed by atoms with Crippen LogP contribution in [0, 0.1) is 0 Å². The van der Waals surface area contributed by atoms with Gasteiger partial charge in [-0.3, -0.25) is 9.69 Å². The molecule has 2 heterocycles. The highest BCUT2D eigenvalue weighted by atomic mass is 16.4. The molecule has 1 aromatic rings. The van der Waals surface area contributed by atoms with E-state index in [0.717, 1.165) is 19.5 Å². The number of hydrogen-bond acceptors (Lipinski definition) is 4. The summed E-state index contributed by atoms with van der Waals surface area (Å²) >= 11 is 0. The molecule has 1 unspecified atom stereocenters. The Bertz CT molecular complexity index is 359. The molecule has 0 amide bonds. The molecule has 0 N–H and O–H groups in total. The van der Waals surface area contributed by atoms with Crippen LogP contribution in [0.25, 0.3) is 0 Å². The summed E-state index contributed by atoms with van der Waals surface area (Å²) in [4.78, 5) is 17.6. The van der Waals surface area contributed by atoms with Gasteiger partial charge >= 0.3 is 0 Å². The molecule has 1 aliphatic heterocycles. The molecule has 0 aromatic carbocycles. The number of Topliss-reactive ketones (excluding diaryl/α,β-unsaturated/α-hetero) is 1. The number of ketones is 1. The van der Waals surface area contributed by atoms with Crippen LogP contribution in [0.2, 0.25) is 0 Å². The van der Waals surface area contributed by atoms with E-state index >= 15 is 0 Å². The van der Waals surface area contributed by atoms with Gasteiger partial charge in [0, 0.05) is 6.92 Å². The van der Waals surface area contributed by atoms with Gasteiger partial charge in [0.1, 0.15) is 0 Å². The zero-order chi connectivity index (χ0) is 10.8. The zero-order valence-electron chi connectivity index (χ0n) is 9.19. The lowest BCUT2D eigenvalue weighted by molar-refractivity contribution is 0.0981. The van der Waals surface area contributed by atoms with Crippen LogP contribution in [0.15, 0.2) is 10.6 Å². The van der Waals surface area contributed by atoms with Crippen molar-refractivity contribution in [3.63, 3.8) is 0 Å². The van der Waals surface area contributed by atoms with E-state index in [0.29, 0.717) is 11.7 Å². The van der Waals surface area contributed by atoms with Crippen LogP contribution in [0.5, 0.6) is 0 Å². The molecular weight excluding hydrogens is 192 g/mol. The highest BCUT2D eigenvalue weighted by Crippen LogP contribution is 2.30. The van der Waals surface area contributed by atoms with Crippen LogP contribution < -0.4 is 0 Å². The number of likely N-dealkylation sites (tertiary alicyclic amines) is 1. The highest BCUT2D eigenvalue weighted by molar-refractivity contribution is 5.90. The van der Waals surface area contributed by atoms with Gasteiger partial charge in [0.15, 0.2) is 11.5 Å². The molecule has 1 fully saturated rings. The molecular formula is C11H16N2O2. The summed E-state index contributed by atoms with van der Waals surface area (Å²) in [6, 6.07) is 0.267. The average molecular weight is 208 g/mol. The molecule has 0 spiro atoms. The van der Waals surface area contributed by atoms with E-state index < -0.39 is 0 Å². The minimum atomic E-state index is -0.0604. The van der Waals surface area contributed by atoms with Crippen molar-refractivity contribution in [1.29, 1.82) is 0 Å². The van der Waals surface area contributed by atoms with Gasteiger partial charge in [-0.1, -0.05) is 6.92 Å². The Kier molecular flexibility index (Phi) is 2.86. The van der Waals surface area contributed by atoms with Crippen molar-refractivity contribution in [2.45, 2.75) is 32.7 Å². The van der Waals surface area contributed by atoms with Crippen LogP contribution in [0.1, 0.15) is 49.2 Å². The Balaban J connectivity index is 2.18. The lowest BCUT2D eigenvalue weighted by Gasteiger charge is -2.19. The molecule has 4 nitrogen and oxygen atoms in total. The van der Waals surface area contributed by atoms with Crippen LogP contribution in [0.4, 0.5) is 0 Å². The van der Waals surface area contributed by atoms with Gasteiger partial charge in [0.05, 0.1) is 12.2 Å². The van der Waals surface area contributed by atoms with Crippen molar-refractivity contribution in [2.24, 2.45) is 0 Å². The second-order valence-corrected chi connectivity index (χ2v) is 3.91. The SMILES string of the molecule is CCN1CCCC1c1ncc(C(C)=O)o1. The van der Waals surface area contributed by atoms with Crippen LogP contribution in [-0.2, 0) is 0 Å². The number of carbonyl (C=O) groups is 1. The van der Waals surface area contributed by atoms with Gasteiger partial charge in [-0.15, -0.1) is 0 Å². The summed E-state index contributed by atoms with van der Waals surface area (Å²) in [5.41, 5.74) is 0. The van der Waals surface area contributed by atoms with Crippen molar-refractivity contribution < 1.29 is 9.21 Å². The minimum absolute atomic E-state index is 0.0604. The van der Waals surface area contributed by atoms with Gasteiger partial charge in [-0.25, -0.2) is 4.98 Å². The topological polar surface area (TPSA) is 46.3 Å². The fraction of sp³-hybridized carbons (Fsp3) is 0.636. The Hall–Kier alpha value is -1.16. The number of hydrogen-bond donors (Lipinski definition) is 0. The Morgan fingerprint density at radius 3 is 3.13 bits per heavy atom. The fourth-order valence-corrected chi connectivity index (χ4v) is 2.09. The molecule has 0 saturated carbocycles. The first-order valence-corrected chi connectivity index (χ1v) is 5.43. The van der Waals surface area contributed by atoms with Gasteiger partial charge in [-0.2, -0.15) is 0 Å². The molecule has 2 rings (SSSR count). The predicted molar refractivity (Wildman–Crippen MR) is 55.7 cm³/mol. The molecule has 1 atom stereocenters.